The van der Waals surface area contributed by atoms with Gasteiger partial charge in [0.2, 0.25) is 0 Å². The molecule has 4 nitrogen and oxygen atoms in total. The third kappa shape index (κ3) is 3.23. The molecule has 0 bridgehead atoms. The molecule has 0 amide bonds. The number of rotatable bonds is 4. The van der Waals surface area contributed by atoms with Gasteiger partial charge in [0, 0.05) is 43.9 Å². The summed E-state index contributed by atoms with van der Waals surface area (Å²) in [6, 6.07) is 25.6. The molecule has 5 rings (SSSR count). The molecule has 0 saturated carbocycles. The Morgan fingerprint density at radius 1 is 0.742 bits per heavy atom. The second-order valence-electron chi connectivity index (χ2n) is 8.53. The van der Waals surface area contributed by atoms with Gasteiger partial charge in [0.05, 0.1) is 0 Å². The van der Waals surface area contributed by atoms with E-state index in [9.17, 15) is 9.59 Å². The van der Waals surface area contributed by atoms with Gasteiger partial charge >= 0.3 is 0 Å². The topological polar surface area (TPSA) is 40.6 Å². The number of hydrogen-bond donors (Lipinski definition) is 0. The van der Waals surface area contributed by atoms with Gasteiger partial charge in [-0.1, -0.05) is 84.4 Å². The Kier molecular flexibility index (Phi) is 5.05. The highest BCUT2D eigenvalue weighted by atomic mass is 16.2. The molecule has 156 valence electrons. The van der Waals surface area contributed by atoms with Crippen molar-refractivity contribution in [1.82, 2.24) is 9.80 Å². The number of Topliss-reactive ketones (excluding diaryl/α,β-unsaturated/α-hetero) is 2. The Morgan fingerprint density at radius 3 is 1.97 bits per heavy atom. The fourth-order valence-corrected chi connectivity index (χ4v) is 5.06. The Hall–Kier alpha value is -3.08. The highest BCUT2D eigenvalue weighted by Gasteiger charge is 2.58. The summed E-state index contributed by atoms with van der Waals surface area (Å²) in [6.45, 7) is 5.87. The van der Waals surface area contributed by atoms with Gasteiger partial charge in [-0.25, -0.2) is 0 Å². The maximum Gasteiger partial charge on any atom is 0.196 e. The average Bonchev–Trinajstić information content (AvgIpc) is 3.03. The van der Waals surface area contributed by atoms with Crippen LogP contribution in [0.25, 0.3) is 0 Å². The van der Waals surface area contributed by atoms with E-state index in [1.807, 2.05) is 49.4 Å². The molecule has 0 atom stereocenters. The number of aryl methyl sites for hydroxylation is 1. The van der Waals surface area contributed by atoms with Gasteiger partial charge in [-0.2, -0.15) is 0 Å². The summed E-state index contributed by atoms with van der Waals surface area (Å²) in [5, 5.41) is 0. The molecular formula is C27H26N2O2. The highest BCUT2D eigenvalue weighted by Crippen LogP contribution is 2.43. The van der Waals surface area contributed by atoms with Crippen molar-refractivity contribution in [2.24, 2.45) is 0 Å². The lowest BCUT2D eigenvalue weighted by atomic mass is 9.82. The summed E-state index contributed by atoms with van der Waals surface area (Å²) >= 11 is 0. The largest absolute Gasteiger partial charge is 0.297 e. The predicted octanol–water partition coefficient (Wildman–Crippen LogP) is 4.09. The molecule has 3 aromatic rings. The molecule has 1 fully saturated rings. The first-order valence-electron chi connectivity index (χ1n) is 10.9. The molecule has 3 aromatic carbocycles. The van der Waals surface area contributed by atoms with Crippen LogP contribution in [-0.4, -0.2) is 47.5 Å². The van der Waals surface area contributed by atoms with Gasteiger partial charge in [0.25, 0.3) is 0 Å². The lowest BCUT2D eigenvalue weighted by Gasteiger charge is -2.44. The average molecular weight is 411 g/mol. The Morgan fingerprint density at radius 2 is 1.35 bits per heavy atom. The summed E-state index contributed by atoms with van der Waals surface area (Å²) < 4.78 is 0. The zero-order chi connectivity index (χ0) is 21.4. The van der Waals surface area contributed by atoms with E-state index in [0.717, 1.165) is 30.8 Å². The molecule has 1 saturated heterocycles. The maximum atomic E-state index is 13.8. The van der Waals surface area contributed by atoms with E-state index >= 15 is 0 Å². The minimum atomic E-state index is -1.26. The summed E-state index contributed by atoms with van der Waals surface area (Å²) in [5.41, 5.74) is 2.95. The zero-order valence-corrected chi connectivity index (χ0v) is 17.8. The number of carbonyl (C=O) groups is 2. The summed E-state index contributed by atoms with van der Waals surface area (Å²) in [7, 11) is 0. The molecule has 2 aliphatic rings. The van der Waals surface area contributed by atoms with Crippen LogP contribution in [0.2, 0.25) is 0 Å². The lowest BCUT2D eigenvalue weighted by Crippen LogP contribution is -2.60. The number of hydrogen-bond acceptors (Lipinski definition) is 4. The van der Waals surface area contributed by atoms with Crippen LogP contribution in [0.15, 0.2) is 78.9 Å². The fraction of sp³-hybridized carbons (Fsp3) is 0.259. The Bertz CT molecular complexity index is 1100. The van der Waals surface area contributed by atoms with Crippen molar-refractivity contribution < 1.29 is 9.59 Å². The number of fused-ring (bicyclic) bond motifs is 1. The van der Waals surface area contributed by atoms with Crippen LogP contribution in [0, 0.1) is 6.92 Å². The molecule has 1 heterocycles. The standard InChI is InChI=1S/C27H26N2O2/c1-20-8-7-11-22(18-20)27(25(30)23-12-5-6-13-24(23)26(27)31)29-16-14-28(15-17-29)19-21-9-3-2-4-10-21/h2-13,18H,14-17,19H2,1H3. The van der Waals surface area contributed by atoms with Gasteiger partial charge in [-0.15, -0.1) is 0 Å². The zero-order valence-electron chi connectivity index (χ0n) is 17.8. The molecular weight excluding hydrogens is 384 g/mol. The van der Waals surface area contributed by atoms with Gasteiger partial charge in [-0.05, 0) is 18.1 Å². The Balaban J connectivity index is 1.49. The van der Waals surface area contributed by atoms with Crippen molar-refractivity contribution in [3.63, 3.8) is 0 Å². The quantitative estimate of drug-likeness (QED) is 0.608. The second-order valence-corrected chi connectivity index (χ2v) is 8.53. The van der Waals surface area contributed by atoms with Crippen molar-refractivity contribution in [2.45, 2.75) is 19.0 Å². The molecule has 0 unspecified atom stereocenters. The van der Waals surface area contributed by atoms with Crippen LogP contribution in [0.4, 0.5) is 0 Å². The first kappa shape index (κ1) is 19.9. The highest BCUT2D eigenvalue weighted by molar-refractivity contribution is 6.32. The summed E-state index contributed by atoms with van der Waals surface area (Å²) in [6.07, 6.45) is 0. The minimum Gasteiger partial charge on any atom is -0.297 e. The van der Waals surface area contributed by atoms with Gasteiger partial charge in [0.15, 0.2) is 17.1 Å². The van der Waals surface area contributed by atoms with Crippen LogP contribution in [0.5, 0.6) is 0 Å². The fourth-order valence-electron chi connectivity index (χ4n) is 5.06. The first-order valence-corrected chi connectivity index (χ1v) is 10.9. The number of carbonyl (C=O) groups excluding carboxylic acids is 2. The van der Waals surface area contributed by atoms with Crippen LogP contribution < -0.4 is 0 Å². The van der Waals surface area contributed by atoms with E-state index in [4.69, 9.17) is 0 Å². The van der Waals surface area contributed by atoms with E-state index < -0.39 is 5.54 Å². The van der Waals surface area contributed by atoms with E-state index in [0.29, 0.717) is 24.2 Å². The van der Waals surface area contributed by atoms with Crippen molar-refractivity contribution in [3.8, 4) is 0 Å². The van der Waals surface area contributed by atoms with E-state index in [1.54, 1.807) is 12.1 Å². The minimum absolute atomic E-state index is 0.0878. The monoisotopic (exact) mass is 410 g/mol. The Labute approximate surface area is 183 Å². The van der Waals surface area contributed by atoms with Crippen LogP contribution >= 0.6 is 0 Å². The van der Waals surface area contributed by atoms with Crippen molar-refractivity contribution in [1.29, 1.82) is 0 Å². The van der Waals surface area contributed by atoms with Crippen LogP contribution in [0.1, 0.15) is 37.4 Å². The van der Waals surface area contributed by atoms with Crippen molar-refractivity contribution in [2.75, 3.05) is 26.2 Å². The van der Waals surface area contributed by atoms with Crippen LogP contribution in [-0.2, 0) is 12.1 Å². The van der Waals surface area contributed by atoms with Crippen molar-refractivity contribution >= 4 is 11.6 Å². The molecule has 0 spiro atoms. The number of benzene rings is 3. The van der Waals surface area contributed by atoms with E-state index in [1.165, 1.54) is 5.56 Å². The van der Waals surface area contributed by atoms with Crippen LogP contribution in [0.3, 0.4) is 0 Å². The third-order valence-electron chi connectivity index (χ3n) is 6.61. The molecule has 1 aliphatic carbocycles. The molecule has 4 heteroatoms. The number of ketones is 2. The lowest BCUT2D eigenvalue weighted by molar-refractivity contribution is 0.0279. The molecule has 0 radical (unpaired) electrons. The van der Waals surface area contributed by atoms with Gasteiger partial charge < -0.3 is 0 Å². The van der Waals surface area contributed by atoms with E-state index in [-0.39, 0.29) is 11.6 Å². The van der Waals surface area contributed by atoms with E-state index in [2.05, 4.69) is 34.1 Å². The van der Waals surface area contributed by atoms with Crippen molar-refractivity contribution in [3.05, 3.63) is 107 Å². The second kappa shape index (κ2) is 7.88. The van der Waals surface area contributed by atoms with Gasteiger partial charge in [-0.3, -0.25) is 19.4 Å². The van der Waals surface area contributed by atoms with Gasteiger partial charge in [0.1, 0.15) is 0 Å². The normalized spacial score (nSPS) is 18.9. The SMILES string of the molecule is Cc1cccc(C2(N3CCN(Cc4ccccc4)CC3)C(=O)c3ccccc3C2=O)c1. The maximum absolute atomic E-state index is 13.8. The molecule has 0 aromatic heterocycles. The summed E-state index contributed by atoms with van der Waals surface area (Å²) in [5.74, 6) is -0.176. The smallest absolute Gasteiger partial charge is 0.196 e. The number of piperazine rings is 1. The third-order valence-corrected chi connectivity index (χ3v) is 6.61. The summed E-state index contributed by atoms with van der Waals surface area (Å²) in [4.78, 5) is 32.2. The molecule has 0 N–H and O–H groups in total. The molecule has 1 aliphatic heterocycles. The first-order chi connectivity index (χ1) is 15.1. The molecule has 31 heavy (non-hydrogen) atoms. The number of nitrogens with zero attached hydrogens (tertiary/aromatic N) is 2. The predicted molar refractivity (Wildman–Crippen MR) is 121 cm³/mol.